The highest BCUT2D eigenvalue weighted by Gasteiger charge is 2.21. The molecule has 0 aliphatic rings. The molecule has 0 bridgehead atoms. The molecule has 19 aromatic carbocycles. The van der Waals surface area contributed by atoms with Gasteiger partial charge in [0, 0.05) is 141 Å². The van der Waals surface area contributed by atoms with E-state index < -0.39 is 0 Å². The van der Waals surface area contributed by atoms with Crippen LogP contribution < -0.4 is 21.3 Å². The van der Waals surface area contributed by atoms with E-state index in [0.717, 1.165) is 84.1 Å². The van der Waals surface area contributed by atoms with E-state index in [1.54, 1.807) is 0 Å². The molecule has 0 fully saturated rings. The lowest BCUT2D eigenvalue weighted by Gasteiger charge is -2.12. The van der Waals surface area contributed by atoms with Gasteiger partial charge in [-0.05, 0) is 205 Å². The lowest BCUT2D eigenvalue weighted by atomic mass is 9.96. The molecule has 24 aromatic rings. The van der Waals surface area contributed by atoms with Gasteiger partial charge in [-0.25, -0.2) is 0 Å². The quantitative estimate of drug-likeness (QED) is 0.0922. The summed E-state index contributed by atoms with van der Waals surface area (Å²) in [4.78, 5) is 4.32. The molecule has 9 heteroatoms. The third-order valence-corrected chi connectivity index (χ3v) is 26.2. The molecule has 24 rings (SSSR count). The van der Waals surface area contributed by atoms with Crippen molar-refractivity contribution >= 4 is 194 Å². The second-order valence-electron chi connectivity index (χ2n) is 30.4. The topological polar surface area (TPSA) is 74.2 Å². The number of furan rings is 1. The molecule has 0 aliphatic carbocycles. The van der Waals surface area contributed by atoms with Crippen molar-refractivity contribution in [3.05, 3.63) is 443 Å². The van der Waals surface area contributed by atoms with E-state index in [0.29, 0.717) is 0 Å². The van der Waals surface area contributed by atoms with Crippen molar-refractivity contribution in [2.24, 2.45) is 0 Å². The zero-order chi connectivity index (χ0) is 81.1. The van der Waals surface area contributed by atoms with Crippen molar-refractivity contribution in [3.63, 3.8) is 0 Å². The lowest BCUT2D eigenvalue weighted by Crippen LogP contribution is -1.91. The van der Waals surface area contributed by atoms with E-state index in [-0.39, 0.29) is 0 Å². The molecule has 0 unspecified atom stereocenters. The zero-order valence-corrected chi connectivity index (χ0v) is 68.7. The van der Waals surface area contributed by atoms with Crippen LogP contribution in [0.1, 0.15) is 0 Å². The molecule has 0 saturated carbocycles. The summed E-state index contributed by atoms with van der Waals surface area (Å²) in [5.74, 6) is 0. The number of nitrogens with one attached hydrogen (secondary N) is 4. The van der Waals surface area contributed by atoms with Crippen molar-refractivity contribution in [1.82, 2.24) is 4.98 Å². The minimum absolute atomic E-state index is 0.909. The van der Waals surface area contributed by atoms with Gasteiger partial charge in [0.1, 0.15) is 11.2 Å². The summed E-state index contributed by atoms with van der Waals surface area (Å²) >= 11 is 5.60. The van der Waals surface area contributed by atoms with Crippen LogP contribution in [-0.2, 0) is 0 Å². The van der Waals surface area contributed by atoms with Crippen molar-refractivity contribution in [3.8, 4) is 55.6 Å². The minimum Gasteiger partial charge on any atom is -0.455 e. The van der Waals surface area contributed by atoms with Gasteiger partial charge in [0.05, 0.1) is 10.4 Å². The summed E-state index contributed by atoms with van der Waals surface area (Å²) in [6.45, 7) is 0. The van der Waals surface area contributed by atoms with Crippen LogP contribution >= 0.6 is 34.0 Å². The number of rotatable bonds is 13. The Kier molecular flexibility index (Phi) is 20.3. The summed E-state index contributed by atoms with van der Waals surface area (Å²) < 4.78 is 14.2. The minimum atomic E-state index is 0.909. The Labute approximate surface area is 718 Å². The SMILES string of the molecule is c1ccc(Nc2cc(-c3ccc4ccccc4c3)c3oc4ccccc4c3c2)cc1.c1ccc(Nc2cc(-c3cccc(-c4ccccc4)c3)c3sc4ccc5ccccc5c4c3c2)cc1.c1ccc(Nc2cc(-c3cccnc3)c3sc4ccccc4c3c2)cc1.c1ccc(Nc2ccc(-c3ccccc3)c3c2sc2cc4ccccc4cc23)cc1. The van der Waals surface area contributed by atoms with Crippen LogP contribution in [-0.4, -0.2) is 4.98 Å². The molecule has 6 nitrogen and oxygen atoms in total. The van der Waals surface area contributed by atoms with Crippen molar-refractivity contribution in [2.75, 3.05) is 21.3 Å². The maximum Gasteiger partial charge on any atom is 0.143 e. The molecule has 578 valence electrons. The van der Waals surface area contributed by atoms with Crippen molar-refractivity contribution < 1.29 is 4.42 Å². The van der Waals surface area contributed by atoms with Crippen LogP contribution in [0.5, 0.6) is 0 Å². The van der Waals surface area contributed by atoms with Gasteiger partial charge >= 0.3 is 0 Å². The first-order chi connectivity index (χ1) is 60.4. The Morgan fingerprint density at radius 2 is 0.689 bits per heavy atom. The third-order valence-electron chi connectivity index (χ3n) is 22.5. The van der Waals surface area contributed by atoms with E-state index in [4.69, 9.17) is 4.42 Å². The summed E-state index contributed by atoms with van der Waals surface area (Å²) in [5, 5.41) is 32.1. The van der Waals surface area contributed by atoms with Gasteiger partial charge in [-0.3, -0.25) is 4.98 Å². The molecule has 0 radical (unpaired) electrons. The van der Waals surface area contributed by atoms with Gasteiger partial charge in [-0.1, -0.05) is 291 Å². The van der Waals surface area contributed by atoms with Crippen molar-refractivity contribution in [2.45, 2.75) is 0 Å². The van der Waals surface area contributed by atoms with Gasteiger partial charge < -0.3 is 25.7 Å². The third kappa shape index (κ3) is 15.2. The van der Waals surface area contributed by atoms with E-state index in [2.05, 4.69) is 390 Å². The Morgan fingerprint density at radius 3 is 1.35 bits per heavy atom. The Morgan fingerprint density at radius 1 is 0.213 bits per heavy atom. The number of hydrogen-bond donors (Lipinski definition) is 4. The monoisotopic (exact) mass is 1620 g/mol. The number of aromatic nitrogens is 1. The molecule has 5 heterocycles. The number of fused-ring (bicyclic) bond motifs is 16. The van der Waals surface area contributed by atoms with Crippen LogP contribution in [0.4, 0.5) is 45.5 Å². The van der Waals surface area contributed by atoms with Crippen LogP contribution in [0.15, 0.2) is 448 Å². The molecule has 0 amide bonds. The van der Waals surface area contributed by atoms with E-state index in [1.165, 1.54) is 132 Å². The highest BCUT2D eigenvalue weighted by molar-refractivity contribution is 7.27. The molecule has 4 N–H and O–H groups in total. The number of hydrogen-bond acceptors (Lipinski definition) is 9. The first-order valence-electron chi connectivity index (χ1n) is 41.0. The number of benzene rings is 19. The number of pyridine rings is 1. The Bertz CT molecular complexity index is 7930. The smallest absolute Gasteiger partial charge is 0.143 e. The normalized spacial score (nSPS) is 11.3. The highest BCUT2D eigenvalue weighted by atomic mass is 32.1. The predicted molar refractivity (Wildman–Crippen MR) is 528 cm³/mol. The van der Waals surface area contributed by atoms with Crippen LogP contribution in [0.3, 0.4) is 0 Å². The van der Waals surface area contributed by atoms with Crippen molar-refractivity contribution in [1.29, 1.82) is 0 Å². The number of thiophene rings is 3. The molecular weight excluding hydrogens is 1540 g/mol. The number of para-hydroxylation sites is 5. The fourth-order valence-corrected chi connectivity index (χ4v) is 20.5. The largest absolute Gasteiger partial charge is 0.455 e. The first-order valence-corrected chi connectivity index (χ1v) is 43.4. The standard InChI is InChI=1S/C34H23NS.C28H19NO.C28H19NS.C23H16N2S/c1-3-10-23(11-4-1)25-13-9-14-26(20-25)30-21-28(35-27-15-5-2-6-16-27)22-31-33-29-17-8-7-12-24(29)18-19-32(33)36-34(30)31;1-2-10-22(11-3-1)29-23-17-25(21-15-14-19-8-4-5-9-20(19)16-21)28-26(18-23)24-12-6-7-13-27(24)30-28;1-3-9-19(10-4-1)23-15-16-25(29-22-13-5-2-6-14-22)28-27(23)24-17-20-11-7-8-12-21(20)18-26(24)30-28;1-2-8-17(9-3-1)25-18-13-20(16-7-6-12-24-15-16)23-21(14-18)19-10-4-5-11-22(19)26-23/h1-22,35H;2*1-18,29H;1-15,25H. The summed E-state index contributed by atoms with van der Waals surface area (Å²) in [6, 6.07) is 152. The summed E-state index contributed by atoms with van der Waals surface area (Å²) in [6.07, 6.45) is 3.75. The predicted octanol–water partition coefficient (Wildman–Crippen LogP) is 33.9. The molecule has 0 spiro atoms. The fraction of sp³-hybridized carbons (Fsp3) is 0. The summed E-state index contributed by atoms with van der Waals surface area (Å²) in [7, 11) is 0. The average Bonchev–Trinajstić information content (AvgIpc) is 1.62. The molecule has 0 aliphatic heterocycles. The molecule has 0 saturated heterocycles. The molecule has 122 heavy (non-hydrogen) atoms. The summed E-state index contributed by atoms with van der Waals surface area (Å²) in [5.41, 5.74) is 22.6. The molecule has 0 atom stereocenters. The maximum atomic E-state index is 6.33. The molecular formula is C113H77N5OS3. The first kappa shape index (κ1) is 74.3. The van der Waals surface area contributed by atoms with Crippen LogP contribution in [0.25, 0.3) is 170 Å². The van der Waals surface area contributed by atoms with E-state index in [9.17, 15) is 0 Å². The maximum absolute atomic E-state index is 6.33. The number of nitrogens with zero attached hydrogens (tertiary/aromatic N) is 1. The Hall–Kier alpha value is -15.2. The zero-order valence-electron chi connectivity index (χ0n) is 66.2. The van der Waals surface area contributed by atoms with Gasteiger partial charge in [0.2, 0.25) is 0 Å². The van der Waals surface area contributed by atoms with Gasteiger partial charge in [-0.2, -0.15) is 0 Å². The van der Waals surface area contributed by atoms with Gasteiger partial charge in [-0.15, -0.1) is 34.0 Å². The van der Waals surface area contributed by atoms with E-state index in [1.807, 2.05) is 113 Å². The lowest BCUT2D eigenvalue weighted by molar-refractivity contribution is 0.670. The van der Waals surface area contributed by atoms with Gasteiger partial charge in [0.25, 0.3) is 0 Å². The van der Waals surface area contributed by atoms with Crippen LogP contribution in [0, 0.1) is 0 Å². The average molecular weight is 1620 g/mol. The van der Waals surface area contributed by atoms with E-state index >= 15 is 0 Å². The second-order valence-corrected chi connectivity index (χ2v) is 33.6. The fourth-order valence-electron chi connectivity index (χ4n) is 16.8. The van der Waals surface area contributed by atoms with Crippen LogP contribution in [0.2, 0.25) is 0 Å². The highest BCUT2D eigenvalue weighted by Crippen LogP contribution is 2.49. The van der Waals surface area contributed by atoms with Gasteiger partial charge in [0.15, 0.2) is 0 Å². The Balaban J connectivity index is 0.000000101. The second kappa shape index (κ2) is 33.3. The number of anilines is 8. The molecule has 5 aromatic heterocycles.